The van der Waals surface area contributed by atoms with E-state index in [1.165, 1.54) is 0 Å². The molecular formula is C13H17NO2. The molecule has 0 amide bonds. The predicted octanol–water partition coefficient (Wildman–Crippen LogP) is 3.33. The fourth-order valence-corrected chi connectivity index (χ4v) is 1.35. The molecule has 1 rings (SSSR count). The molecule has 0 saturated carbocycles. The second kappa shape index (κ2) is 5.95. The van der Waals surface area contributed by atoms with Gasteiger partial charge in [-0.05, 0) is 19.7 Å². The lowest BCUT2D eigenvalue weighted by molar-refractivity contribution is 0.231. The van der Waals surface area contributed by atoms with Crippen molar-refractivity contribution in [2.45, 2.75) is 20.3 Å². The summed E-state index contributed by atoms with van der Waals surface area (Å²) in [6.45, 7) is 11.5. The lowest BCUT2D eigenvalue weighted by Gasteiger charge is -2.08. The van der Waals surface area contributed by atoms with Crippen LogP contribution in [0.1, 0.15) is 20.3 Å². The highest BCUT2D eigenvalue weighted by atomic mass is 16.5. The van der Waals surface area contributed by atoms with E-state index in [0.29, 0.717) is 12.5 Å². The molecule has 0 N–H and O–H groups in total. The Morgan fingerprint density at radius 2 is 2.25 bits per heavy atom. The summed E-state index contributed by atoms with van der Waals surface area (Å²) < 4.78 is 11.3. The first-order valence-electron chi connectivity index (χ1n) is 5.25. The van der Waals surface area contributed by atoms with Crippen molar-refractivity contribution in [3.63, 3.8) is 0 Å². The van der Waals surface area contributed by atoms with Crippen LogP contribution < -0.4 is 0 Å². The highest BCUT2D eigenvalue weighted by Crippen LogP contribution is 2.24. The number of hydrogen-bond acceptors (Lipinski definition) is 3. The van der Waals surface area contributed by atoms with Crippen LogP contribution in [0.15, 0.2) is 52.8 Å². The van der Waals surface area contributed by atoms with Crippen LogP contribution in [0.2, 0.25) is 0 Å². The summed E-state index contributed by atoms with van der Waals surface area (Å²) in [7, 11) is 0. The van der Waals surface area contributed by atoms with Gasteiger partial charge in [0, 0.05) is 6.42 Å². The summed E-state index contributed by atoms with van der Waals surface area (Å²) in [5.74, 6) is 1.98. The van der Waals surface area contributed by atoms with Crippen LogP contribution in [0.25, 0.3) is 0 Å². The number of ether oxygens (including phenoxy) is 2. The van der Waals surface area contributed by atoms with Crippen molar-refractivity contribution in [3.8, 4) is 0 Å². The normalized spacial score (nSPS) is 16.9. The third-order valence-corrected chi connectivity index (χ3v) is 2.18. The minimum absolute atomic E-state index is 0.404. The molecule has 86 valence electrons. The molecule has 3 heteroatoms. The van der Waals surface area contributed by atoms with E-state index in [1.54, 1.807) is 6.08 Å². The van der Waals surface area contributed by atoms with Crippen molar-refractivity contribution in [2.75, 3.05) is 6.61 Å². The summed E-state index contributed by atoms with van der Waals surface area (Å²) >= 11 is 0. The van der Waals surface area contributed by atoms with Crippen molar-refractivity contribution in [1.29, 1.82) is 0 Å². The van der Waals surface area contributed by atoms with E-state index in [1.807, 2.05) is 26.0 Å². The van der Waals surface area contributed by atoms with Gasteiger partial charge in [0.1, 0.15) is 12.4 Å². The minimum atomic E-state index is 0.404. The molecule has 0 aromatic heterocycles. The van der Waals surface area contributed by atoms with Gasteiger partial charge in [0.15, 0.2) is 5.76 Å². The van der Waals surface area contributed by atoms with Crippen molar-refractivity contribution < 1.29 is 9.47 Å². The first-order chi connectivity index (χ1) is 7.76. The summed E-state index contributed by atoms with van der Waals surface area (Å²) in [4.78, 5) is 3.85. The Morgan fingerprint density at radius 3 is 2.75 bits per heavy atom. The fourth-order valence-electron chi connectivity index (χ4n) is 1.35. The number of aliphatic imine (C=N–C) groups is 1. The monoisotopic (exact) mass is 219 g/mol. The first kappa shape index (κ1) is 12.3. The first-order valence-corrected chi connectivity index (χ1v) is 5.25. The van der Waals surface area contributed by atoms with Crippen molar-refractivity contribution in [3.05, 3.63) is 47.8 Å². The molecule has 0 unspecified atom stereocenters. The highest BCUT2D eigenvalue weighted by Gasteiger charge is 2.16. The van der Waals surface area contributed by atoms with Gasteiger partial charge in [-0.3, -0.25) is 0 Å². The summed E-state index contributed by atoms with van der Waals surface area (Å²) in [5, 5.41) is 0. The van der Waals surface area contributed by atoms with Gasteiger partial charge < -0.3 is 9.47 Å². The molecule has 1 aliphatic heterocycles. The highest BCUT2D eigenvalue weighted by molar-refractivity contribution is 5.34. The van der Waals surface area contributed by atoms with Gasteiger partial charge in [-0.25, -0.2) is 4.99 Å². The molecular weight excluding hydrogens is 202 g/mol. The maximum Gasteiger partial charge on any atom is 0.224 e. The molecule has 1 aliphatic rings. The van der Waals surface area contributed by atoms with Gasteiger partial charge in [-0.2, -0.15) is 0 Å². The van der Waals surface area contributed by atoms with Crippen molar-refractivity contribution in [2.24, 2.45) is 4.99 Å². The van der Waals surface area contributed by atoms with Crippen LogP contribution in [-0.4, -0.2) is 13.3 Å². The lowest BCUT2D eigenvalue weighted by atomic mass is 10.3. The van der Waals surface area contributed by atoms with E-state index in [9.17, 15) is 0 Å². The van der Waals surface area contributed by atoms with Gasteiger partial charge in [-0.1, -0.05) is 25.7 Å². The SMILES string of the molecule is C=CC1=C(N=C)OC(CC)=C(/C=C\C)OC1. The van der Waals surface area contributed by atoms with Crippen LogP contribution in [0, 0.1) is 0 Å². The van der Waals surface area contributed by atoms with Gasteiger partial charge >= 0.3 is 0 Å². The van der Waals surface area contributed by atoms with E-state index in [-0.39, 0.29) is 0 Å². The zero-order chi connectivity index (χ0) is 12.0. The number of rotatable bonds is 4. The Kier molecular flexibility index (Phi) is 4.58. The topological polar surface area (TPSA) is 30.8 Å². The largest absolute Gasteiger partial charge is 0.485 e. The van der Waals surface area contributed by atoms with E-state index in [2.05, 4.69) is 18.3 Å². The second-order valence-electron chi connectivity index (χ2n) is 3.22. The van der Waals surface area contributed by atoms with Crippen molar-refractivity contribution in [1.82, 2.24) is 0 Å². The summed E-state index contributed by atoms with van der Waals surface area (Å²) in [6, 6.07) is 0. The van der Waals surface area contributed by atoms with Gasteiger partial charge in [0.25, 0.3) is 0 Å². The Balaban J connectivity index is 3.08. The molecule has 0 spiro atoms. The molecule has 3 nitrogen and oxygen atoms in total. The molecule has 1 heterocycles. The van der Waals surface area contributed by atoms with Crippen molar-refractivity contribution >= 4 is 6.72 Å². The van der Waals surface area contributed by atoms with Crippen LogP contribution in [0.4, 0.5) is 0 Å². The van der Waals surface area contributed by atoms with E-state index >= 15 is 0 Å². The maximum atomic E-state index is 5.66. The fraction of sp³-hybridized carbons (Fsp3) is 0.308. The molecule has 0 aliphatic carbocycles. The molecule has 0 aromatic carbocycles. The second-order valence-corrected chi connectivity index (χ2v) is 3.22. The molecule has 0 bridgehead atoms. The zero-order valence-corrected chi connectivity index (χ0v) is 9.82. The van der Waals surface area contributed by atoms with Gasteiger partial charge in [-0.15, -0.1) is 0 Å². The molecule has 0 saturated heterocycles. The number of allylic oxidation sites excluding steroid dienone is 3. The van der Waals surface area contributed by atoms with E-state index in [0.717, 1.165) is 23.5 Å². The minimum Gasteiger partial charge on any atom is -0.485 e. The Hall–Kier alpha value is -1.77. The average molecular weight is 219 g/mol. The standard InChI is InChI=1S/C13H17NO2/c1-5-8-12-11(7-3)16-13(14-4)10(6-2)9-15-12/h5-6,8H,2,4,7,9H2,1,3H3/b8-5-. The van der Waals surface area contributed by atoms with Crippen LogP contribution in [-0.2, 0) is 9.47 Å². The number of nitrogens with zero attached hydrogens (tertiary/aromatic N) is 1. The number of hydrogen-bond donors (Lipinski definition) is 0. The third kappa shape index (κ3) is 2.63. The Bertz CT molecular complexity index is 375. The summed E-state index contributed by atoms with van der Waals surface area (Å²) in [6.07, 6.45) is 6.21. The quantitative estimate of drug-likeness (QED) is 0.679. The molecule has 0 atom stereocenters. The third-order valence-electron chi connectivity index (χ3n) is 2.18. The summed E-state index contributed by atoms with van der Waals surface area (Å²) in [5.41, 5.74) is 0.806. The molecule has 16 heavy (non-hydrogen) atoms. The molecule has 0 aromatic rings. The average Bonchev–Trinajstić information content (AvgIpc) is 2.48. The Labute approximate surface area is 96.5 Å². The predicted molar refractivity (Wildman–Crippen MR) is 65.9 cm³/mol. The van der Waals surface area contributed by atoms with Crippen LogP contribution >= 0.6 is 0 Å². The lowest BCUT2D eigenvalue weighted by Crippen LogP contribution is -1.95. The van der Waals surface area contributed by atoms with E-state index in [4.69, 9.17) is 9.47 Å². The van der Waals surface area contributed by atoms with Gasteiger partial charge in [0.2, 0.25) is 5.88 Å². The van der Waals surface area contributed by atoms with E-state index < -0.39 is 0 Å². The molecule has 0 fully saturated rings. The maximum absolute atomic E-state index is 5.66. The zero-order valence-electron chi connectivity index (χ0n) is 9.82. The Morgan fingerprint density at radius 1 is 1.50 bits per heavy atom. The smallest absolute Gasteiger partial charge is 0.224 e. The van der Waals surface area contributed by atoms with Crippen LogP contribution in [0.5, 0.6) is 0 Å². The van der Waals surface area contributed by atoms with Gasteiger partial charge in [0.05, 0.1) is 5.57 Å². The van der Waals surface area contributed by atoms with Crippen LogP contribution in [0.3, 0.4) is 0 Å². The molecule has 0 radical (unpaired) electrons.